The van der Waals surface area contributed by atoms with Crippen LogP contribution in [0.25, 0.3) is 0 Å². The molecule has 4 nitrogen and oxygen atoms in total. The van der Waals surface area contributed by atoms with Gasteiger partial charge < -0.3 is 11.1 Å². The SMILES string of the molecule is CCC(C(N)=O)N1CCNCC1C. The van der Waals surface area contributed by atoms with Crippen LogP contribution in [0.15, 0.2) is 0 Å². The van der Waals surface area contributed by atoms with Crippen molar-refractivity contribution in [3.8, 4) is 0 Å². The van der Waals surface area contributed by atoms with Crippen molar-refractivity contribution in [1.82, 2.24) is 10.2 Å². The van der Waals surface area contributed by atoms with E-state index in [1.54, 1.807) is 0 Å². The van der Waals surface area contributed by atoms with Gasteiger partial charge in [-0.1, -0.05) is 6.92 Å². The molecule has 0 bridgehead atoms. The van der Waals surface area contributed by atoms with Crippen LogP contribution in [0, 0.1) is 0 Å². The van der Waals surface area contributed by atoms with Crippen LogP contribution in [0.2, 0.25) is 0 Å². The third-order valence-electron chi connectivity index (χ3n) is 2.67. The van der Waals surface area contributed by atoms with Crippen LogP contribution >= 0.6 is 0 Å². The third-order valence-corrected chi connectivity index (χ3v) is 2.67. The van der Waals surface area contributed by atoms with Crippen molar-refractivity contribution in [2.75, 3.05) is 19.6 Å². The fraction of sp³-hybridized carbons (Fsp3) is 0.889. The van der Waals surface area contributed by atoms with Crippen molar-refractivity contribution in [3.63, 3.8) is 0 Å². The molecular weight excluding hydrogens is 166 g/mol. The normalized spacial score (nSPS) is 27.1. The van der Waals surface area contributed by atoms with E-state index in [1.165, 1.54) is 0 Å². The topological polar surface area (TPSA) is 58.4 Å². The number of carbonyl (C=O) groups excluding carboxylic acids is 1. The van der Waals surface area contributed by atoms with Gasteiger partial charge in [0.1, 0.15) is 0 Å². The molecule has 0 aliphatic carbocycles. The molecule has 0 aromatic carbocycles. The Hall–Kier alpha value is -0.610. The highest BCUT2D eigenvalue weighted by Gasteiger charge is 2.27. The number of carbonyl (C=O) groups is 1. The Kier molecular flexibility index (Phi) is 3.69. The molecule has 1 heterocycles. The van der Waals surface area contributed by atoms with E-state index in [0.29, 0.717) is 6.04 Å². The monoisotopic (exact) mass is 185 g/mol. The summed E-state index contributed by atoms with van der Waals surface area (Å²) in [6, 6.07) is 0.322. The average Bonchev–Trinajstić information content (AvgIpc) is 2.09. The lowest BCUT2D eigenvalue weighted by Crippen LogP contribution is -2.57. The van der Waals surface area contributed by atoms with Crippen molar-refractivity contribution in [3.05, 3.63) is 0 Å². The van der Waals surface area contributed by atoms with Gasteiger partial charge in [0, 0.05) is 25.7 Å². The molecule has 2 unspecified atom stereocenters. The van der Waals surface area contributed by atoms with Gasteiger partial charge in [0.15, 0.2) is 0 Å². The van der Waals surface area contributed by atoms with Crippen LogP contribution in [-0.2, 0) is 4.79 Å². The number of hydrogen-bond acceptors (Lipinski definition) is 3. The van der Waals surface area contributed by atoms with Crippen molar-refractivity contribution in [2.24, 2.45) is 5.73 Å². The Labute approximate surface area is 79.5 Å². The Morgan fingerprint density at radius 2 is 2.46 bits per heavy atom. The Bertz CT molecular complexity index is 184. The van der Waals surface area contributed by atoms with Crippen LogP contribution in [0.4, 0.5) is 0 Å². The molecule has 3 N–H and O–H groups in total. The molecule has 4 heteroatoms. The third kappa shape index (κ3) is 2.42. The van der Waals surface area contributed by atoms with Gasteiger partial charge in [0.25, 0.3) is 0 Å². The first-order valence-corrected chi connectivity index (χ1v) is 4.92. The maximum atomic E-state index is 11.1. The van der Waals surface area contributed by atoms with Gasteiger partial charge >= 0.3 is 0 Å². The summed E-state index contributed by atoms with van der Waals surface area (Å²) in [7, 11) is 0. The van der Waals surface area contributed by atoms with Gasteiger partial charge in [0.2, 0.25) is 5.91 Å². The molecule has 1 amide bonds. The zero-order chi connectivity index (χ0) is 9.84. The first kappa shape index (κ1) is 10.5. The Balaban J connectivity index is 2.60. The fourth-order valence-electron chi connectivity index (χ4n) is 1.92. The lowest BCUT2D eigenvalue weighted by molar-refractivity contribution is -0.124. The number of primary amides is 1. The highest BCUT2D eigenvalue weighted by atomic mass is 16.1. The zero-order valence-corrected chi connectivity index (χ0v) is 8.42. The van der Waals surface area contributed by atoms with Gasteiger partial charge in [-0.3, -0.25) is 9.69 Å². The van der Waals surface area contributed by atoms with Gasteiger partial charge in [-0.25, -0.2) is 0 Å². The minimum absolute atomic E-state index is 0.0860. The summed E-state index contributed by atoms with van der Waals surface area (Å²) in [6.07, 6.45) is 0.805. The Morgan fingerprint density at radius 3 is 2.92 bits per heavy atom. The predicted molar refractivity (Wildman–Crippen MR) is 52.3 cm³/mol. The van der Waals surface area contributed by atoms with E-state index in [1.807, 2.05) is 6.92 Å². The van der Waals surface area contributed by atoms with E-state index in [4.69, 9.17) is 5.73 Å². The minimum Gasteiger partial charge on any atom is -0.368 e. The van der Waals surface area contributed by atoms with Crippen LogP contribution in [-0.4, -0.2) is 42.5 Å². The molecule has 0 radical (unpaired) electrons. The highest BCUT2D eigenvalue weighted by molar-refractivity contribution is 5.79. The first-order chi connectivity index (χ1) is 6.16. The lowest BCUT2D eigenvalue weighted by Gasteiger charge is -2.38. The molecular formula is C9H19N3O. The van der Waals surface area contributed by atoms with Gasteiger partial charge in [-0.2, -0.15) is 0 Å². The quantitative estimate of drug-likeness (QED) is 0.626. The van der Waals surface area contributed by atoms with Crippen molar-refractivity contribution < 1.29 is 4.79 Å². The van der Waals surface area contributed by atoms with Crippen LogP contribution in [0.5, 0.6) is 0 Å². The van der Waals surface area contributed by atoms with Crippen molar-refractivity contribution in [2.45, 2.75) is 32.4 Å². The number of piperazine rings is 1. The van der Waals surface area contributed by atoms with Crippen LogP contribution in [0.3, 0.4) is 0 Å². The van der Waals surface area contributed by atoms with E-state index in [9.17, 15) is 4.79 Å². The highest BCUT2D eigenvalue weighted by Crippen LogP contribution is 2.10. The molecule has 0 aromatic heterocycles. The maximum absolute atomic E-state index is 11.1. The molecule has 0 aromatic rings. The summed E-state index contributed by atoms with van der Waals surface area (Å²) in [5, 5.41) is 3.29. The number of nitrogens with zero attached hydrogens (tertiary/aromatic N) is 1. The number of nitrogens with two attached hydrogens (primary N) is 1. The molecule has 2 atom stereocenters. The number of hydrogen-bond donors (Lipinski definition) is 2. The van der Waals surface area contributed by atoms with E-state index in [2.05, 4.69) is 17.1 Å². The number of amides is 1. The van der Waals surface area contributed by atoms with Crippen LogP contribution in [0.1, 0.15) is 20.3 Å². The summed E-state index contributed by atoms with van der Waals surface area (Å²) in [6.45, 7) is 6.95. The predicted octanol–water partition coefficient (Wildman–Crippen LogP) is -0.456. The molecule has 13 heavy (non-hydrogen) atoms. The fourth-order valence-corrected chi connectivity index (χ4v) is 1.92. The van der Waals surface area contributed by atoms with E-state index in [-0.39, 0.29) is 11.9 Å². The molecule has 1 aliphatic rings. The van der Waals surface area contributed by atoms with Gasteiger partial charge in [-0.15, -0.1) is 0 Å². The van der Waals surface area contributed by atoms with Gasteiger partial charge in [0.05, 0.1) is 6.04 Å². The number of rotatable bonds is 3. The minimum atomic E-state index is -0.198. The van der Waals surface area contributed by atoms with Crippen LogP contribution < -0.4 is 11.1 Å². The molecule has 1 saturated heterocycles. The second kappa shape index (κ2) is 4.58. The summed E-state index contributed by atoms with van der Waals surface area (Å²) < 4.78 is 0. The summed E-state index contributed by atoms with van der Waals surface area (Å²) in [5.74, 6) is -0.198. The molecule has 0 spiro atoms. The summed E-state index contributed by atoms with van der Waals surface area (Å²) in [5.41, 5.74) is 5.34. The van der Waals surface area contributed by atoms with Gasteiger partial charge in [-0.05, 0) is 13.3 Å². The van der Waals surface area contributed by atoms with E-state index in [0.717, 1.165) is 26.1 Å². The van der Waals surface area contributed by atoms with Crippen molar-refractivity contribution in [1.29, 1.82) is 0 Å². The largest absolute Gasteiger partial charge is 0.368 e. The maximum Gasteiger partial charge on any atom is 0.234 e. The van der Waals surface area contributed by atoms with E-state index >= 15 is 0 Å². The smallest absolute Gasteiger partial charge is 0.234 e. The molecule has 76 valence electrons. The molecule has 0 saturated carbocycles. The Morgan fingerprint density at radius 1 is 1.77 bits per heavy atom. The molecule has 1 rings (SSSR count). The second-order valence-corrected chi connectivity index (χ2v) is 3.62. The first-order valence-electron chi connectivity index (χ1n) is 4.92. The number of nitrogens with one attached hydrogen (secondary N) is 1. The van der Waals surface area contributed by atoms with Crippen molar-refractivity contribution >= 4 is 5.91 Å². The molecule has 1 fully saturated rings. The summed E-state index contributed by atoms with van der Waals surface area (Å²) >= 11 is 0. The zero-order valence-electron chi connectivity index (χ0n) is 8.42. The van der Waals surface area contributed by atoms with E-state index < -0.39 is 0 Å². The standard InChI is InChI=1S/C9H19N3O/c1-3-8(9(10)13)12-5-4-11-6-7(12)2/h7-8,11H,3-6H2,1-2H3,(H2,10,13). The second-order valence-electron chi connectivity index (χ2n) is 3.62. The lowest BCUT2D eigenvalue weighted by atomic mass is 10.1. The average molecular weight is 185 g/mol. The summed E-state index contributed by atoms with van der Waals surface area (Å²) in [4.78, 5) is 13.3. The molecule has 1 aliphatic heterocycles.